The molecule has 0 unspecified atom stereocenters. The fraction of sp³-hybridized carbons (Fsp3) is 0.800. The molecule has 0 radical (unpaired) electrons. The first kappa shape index (κ1) is 14.6. The van der Waals surface area contributed by atoms with Gasteiger partial charge in [-0.05, 0) is 20.8 Å². The van der Waals surface area contributed by atoms with Crippen LogP contribution < -0.4 is 5.73 Å². The van der Waals surface area contributed by atoms with Crippen LogP contribution in [-0.2, 0) is 9.53 Å². The molecular formula is C10H16F2N2O4. The van der Waals surface area contributed by atoms with Gasteiger partial charge in [0.1, 0.15) is 11.1 Å². The van der Waals surface area contributed by atoms with E-state index in [0.29, 0.717) is 0 Å². The van der Waals surface area contributed by atoms with E-state index in [9.17, 15) is 18.4 Å². The van der Waals surface area contributed by atoms with Crippen molar-refractivity contribution in [2.75, 3.05) is 13.1 Å². The molecule has 1 saturated heterocycles. The summed E-state index contributed by atoms with van der Waals surface area (Å²) in [7, 11) is 0. The Morgan fingerprint density at radius 1 is 1.33 bits per heavy atom. The lowest BCUT2D eigenvalue weighted by Crippen LogP contribution is -2.78. The molecule has 1 rings (SSSR count). The molecule has 18 heavy (non-hydrogen) atoms. The number of hydrogen-bond acceptors (Lipinski definition) is 4. The first-order chi connectivity index (χ1) is 7.89. The molecule has 104 valence electrons. The van der Waals surface area contributed by atoms with Crippen molar-refractivity contribution in [3.63, 3.8) is 0 Å². The summed E-state index contributed by atoms with van der Waals surface area (Å²) < 4.78 is 31.4. The Hall–Kier alpha value is -1.44. The number of alkyl halides is 2. The summed E-state index contributed by atoms with van der Waals surface area (Å²) >= 11 is 0. The summed E-state index contributed by atoms with van der Waals surface area (Å²) in [6.07, 6.45) is -0.787. The lowest BCUT2D eigenvalue weighted by molar-refractivity contribution is -0.188. The topological polar surface area (TPSA) is 92.9 Å². The van der Waals surface area contributed by atoms with Crippen molar-refractivity contribution in [3.05, 3.63) is 0 Å². The number of hydrogen-bond donors (Lipinski definition) is 2. The largest absolute Gasteiger partial charge is 0.477 e. The Labute approximate surface area is 103 Å². The third-order valence-corrected chi connectivity index (χ3v) is 2.49. The molecule has 1 aliphatic heterocycles. The molecule has 1 heterocycles. The highest BCUT2D eigenvalue weighted by Gasteiger charge is 2.64. The minimum absolute atomic E-state index is 0.554. The van der Waals surface area contributed by atoms with Crippen molar-refractivity contribution in [2.45, 2.75) is 37.8 Å². The van der Waals surface area contributed by atoms with Crippen LogP contribution in [0.1, 0.15) is 20.8 Å². The summed E-state index contributed by atoms with van der Waals surface area (Å²) in [6, 6.07) is 0. The molecule has 0 aromatic carbocycles. The third kappa shape index (κ3) is 2.53. The maximum atomic E-state index is 13.2. The molecular weight excluding hydrogens is 250 g/mol. The van der Waals surface area contributed by atoms with Gasteiger partial charge in [0, 0.05) is 0 Å². The van der Waals surface area contributed by atoms with E-state index in [4.69, 9.17) is 15.6 Å². The standard InChI is InChI=1S/C10H16F2N2O4/c1-8(2,3)18-7(17)14-4-9(13,5-14)10(11,12)6(15)16/h4-5,13H2,1-3H3,(H,15,16). The zero-order valence-corrected chi connectivity index (χ0v) is 10.4. The fourth-order valence-electron chi connectivity index (χ4n) is 1.50. The summed E-state index contributed by atoms with van der Waals surface area (Å²) in [4.78, 5) is 22.8. The maximum Gasteiger partial charge on any atom is 0.410 e. The molecule has 0 bridgehead atoms. The Bertz CT molecular complexity index is 373. The van der Waals surface area contributed by atoms with Crippen molar-refractivity contribution in [3.8, 4) is 0 Å². The second-order valence-electron chi connectivity index (χ2n) is 5.37. The monoisotopic (exact) mass is 266 g/mol. The van der Waals surface area contributed by atoms with Gasteiger partial charge >= 0.3 is 18.0 Å². The van der Waals surface area contributed by atoms with E-state index < -0.39 is 42.2 Å². The summed E-state index contributed by atoms with van der Waals surface area (Å²) in [5.74, 6) is -6.38. The zero-order valence-electron chi connectivity index (χ0n) is 10.4. The molecule has 0 aliphatic carbocycles. The molecule has 1 fully saturated rings. The molecule has 8 heteroatoms. The van der Waals surface area contributed by atoms with Crippen molar-refractivity contribution in [1.29, 1.82) is 0 Å². The van der Waals surface area contributed by atoms with Crippen molar-refractivity contribution < 1.29 is 28.2 Å². The van der Waals surface area contributed by atoms with Crippen molar-refractivity contribution >= 4 is 12.1 Å². The normalized spacial score (nSPS) is 19.1. The minimum atomic E-state index is -4.08. The number of amides is 1. The lowest BCUT2D eigenvalue weighted by atomic mass is 9.84. The molecule has 1 aliphatic rings. The molecule has 0 atom stereocenters. The van der Waals surface area contributed by atoms with E-state index in [2.05, 4.69) is 0 Å². The first-order valence-electron chi connectivity index (χ1n) is 5.27. The van der Waals surface area contributed by atoms with Crippen LogP contribution in [0.5, 0.6) is 0 Å². The van der Waals surface area contributed by atoms with Gasteiger partial charge in [-0.1, -0.05) is 0 Å². The van der Waals surface area contributed by atoms with Gasteiger partial charge in [-0.25, -0.2) is 9.59 Å². The number of carbonyl (C=O) groups is 2. The molecule has 0 aromatic heterocycles. The molecule has 6 nitrogen and oxygen atoms in total. The smallest absolute Gasteiger partial charge is 0.410 e. The van der Waals surface area contributed by atoms with Gasteiger partial charge in [0.05, 0.1) is 13.1 Å². The quantitative estimate of drug-likeness (QED) is 0.765. The van der Waals surface area contributed by atoms with Crippen LogP contribution in [0.3, 0.4) is 0 Å². The summed E-state index contributed by atoms with van der Waals surface area (Å²) in [5.41, 5.74) is 2.30. The Morgan fingerprint density at radius 2 is 1.78 bits per heavy atom. The van der Waals surface area contributed by atoms with Crippen molar-refractivity contribution in [1.82, 2.24) is 4.90 Å². The number of halogens is 2. The number of aliphatic carboxylic acids is 1. The van der Waals surface area contributed by atoms with Gasteiger partial charge in [0.25, 0.3) is 0 Å². The van der Waals surface area contributed by atoms with Gasteiger partial charge in [-0.2, -0.15) is 8.78 Å². The van der Waals surface area contributed by atoms with Crippen LogP contribution in [0.4, 0.5) is 13.6 Å². The molecule has 0 spiro atoms. The van der Waals surface area contributed by atoms with E-state index in [1.54, 1.807) is 20.8 Å². The van der Waals surface area contributed by atoms with Crippen LogP contribution in [0.25, 0.3) is 0 Å². The highest BCUT2D eigenvalue weighted by atomic mass is 19.3. The predicted molar refractivity (Wildman–Crippen MR) is 57.3 cm³/mol. The summed E-state index contributed by atoms with van der Waals surface area (Å²) in [6.45, 7) is 3.78. The van der Waals surface area contributed by atoms with Gasteiger partial charge in [-0.3, -0.25) is 0 Å². The van der Waals surface area contributed by atoms with Crippen LogP contribution in [0.15, 0.2) is 0 Å². The van der Waals surface area contributed by atoms with Gasteiger partial charge < -0.3 is 20.5 Å². The third-order valence-electron chi connectivity index (χ3n) is 2.49. The number of carboxylic acid groups (broad SMARTS) is 1. The Kier molecular flexibility index (Phi) is 3.28. The first-order valence-corrected chi connectivity index (χ1v) is 5.27. The van der Waals surface area contributed by atoms with E-state index in [0.717, 1.165) is 4.90 Å². The lowest BCUT2D eigenvalue weighted by Gasteiger charge is -2.49. The number of likely N-dealkylation sites (tertiary alicyclic amines) is 1. The van der Waals surface area contributed by atoms with Gasteiger partial charge in [0.2, 0.25) is 0 Å². The predicted octanol–water partition coefficient (Wildman–Crippen LogP) is 0.655. The van der Waals surface area contributed by atoms with E-state index in [1.165, 1.54) is 0 Å². The van der Waals surface area contributed by atoms with Crippen LogP contribution in [0, 0.1) is 0 Å². The number of rotatable bonds is 2. The summed E-state index contributed by atoms with van der Waals surface area (Å²) in [5, 5.41) is 8.39. The highest BCUT2D eigenvalue weighted by Crippen LogP contribution is 2.35. The van der Waals surface area contributed by atoms with Crippen LogP contribution in [0.2, 0.25) is 0 Å². The van der Waals surface area contributed by atoms with E-state index >= 15 is 0 Å². The number of carbonyl (C=O) groups excluding carboxylic acids is 1. The van der Waals surface area contributed by atoms with Crippen LogP contribution in [-0.4, -0.2) is 52.2 Å². The molecule has 3 N–H and O–H groups in total. The number of nitrogens with two attached hydrogens (primary N) is 1. The maximum absolute atomic E-state index is 13.2. The average molecular weight is 266 g/mol. The number of ether oxygens (including phenoxy) is 1. The molecule has 0 aromatic rings. The Morgan fingerprint density at radius 3 is 2.11 bits per heavy atom. The van der Waals surface area contributed by atoms with E-state index in [1.807, 2.05) is 0 Å². The van der Waals surface area contributed by atoms with Gasteiger partial charge in [-0.15, -0.1) is 0 Å². The number of carboxylic acids is 1. The highest BCUT2D eigenvalue weighted by molar-refractivity contribution is 5.79. The number of nitrogens with zero attached hydrogens (tertiary/aromatic N) is 1. The zero-order chi connectivity index (χ0) is 14.4. The van der Waals surface area contributed by atoms with Crippen LogP contribution >= 0.6 is 0 Å². The van der Waals surface area contributed by atoms with Crippen molar-refractivity contribution in [2.24, 2.45) is 5.73 Å². The SMILES string of the molecule is CC(C)(C)OC(=O)N1CC(N)(C(F)(F)C(=O)O)C1. The average Bonchev–Trinajstić information content (AvgIpc) is 2.09. The second-order valence-corrected chi connectivity index (χ2v) is 5.37. The second kappa shape index (κ2) is 4.04. The fourth-order valence-corrected chi connectivity index (χ4v) is 1.50. The van der Waals surface area contributed by atoms with Gasteiger partial charge in [0.15, 0.2) is 0 Å². The van der Waals surface area contributed by atoms with E-state index in [-0.39, 0.29) is 0 Å². The molecule has 1 amide bonds. The Balaban J connectivity index is 2.63. The molecule has 0 saturated carbocycles. The minimum Gasteiger partial charge on any atom is -0.477 e.